The lowest BCUT2D eigenvalue weighted by atomic mass is 10.1. The number of primary amides is 1. The maximum atomic E-state index is 13.0. The van der Waals surface area contributed by atoms with Crippen LogP contribution < -0.4 is 16.8 Å². The zero-order valence-electron chi connectivity index (χ0n) is 21.4. The molecule has 0 radical (unpaired) electrons. The van der Waals surface area contributed by atoms with Crippen LogP contribution in [0.1, 0.15) is 123 Å². The molecule has 1 aromatic carbocycles. The number of carbonyl (C=O) groups is 3. The Labute approximate surface area is 211 Å². The third-order valence-corrected chi connectivity index (χ3v) is 6.79. The van der Waals surface area contributed by atoms with Crippen LogP contribution in [0.25, 0.3) is 0 Å². The summed E-state index contributed by atoms with van der Waals surface area (Å²) >= 11 is 0. The van der Waals surface area contributed by atoms with Gasteiger partial charge in [0.1, 0.15) is 0 Å². The first-order valence-electron chi connectivity index (χ1n) is 13.7. The number of benzene rings is 1. The normalized spacial score (nSPS) is 15.9. The van der Waals surface area contributed by atoms with E-state index in [0.29, 0.717) is 17.5 Å². The van der Waals surface area contributed by atoms with Crippen LogP contribution >= 0.6 is 0 Å². The van der Waals surface area contributed by atoms with Crippen molar-refractivity contribution in [1.29, 1.82) is 0 Å². The molecule has 1 aliphatic rings. The van der Waals surface area contributed by atoms with Gasteiger partial charge in [-0.05, 0) is 49.9 Å². The summed E-state index contributed by atoms with van der Waals surface area (Å²) in [7, 11) is 0. The monoisotopic (exact) mass is 486 g/mol. The van der Waals surface area contributed by atoms with Crippen molar-refractivity contribution in [3.8, 4) is 0 Å². The Morgan fingerprint density at radius 3 is 1.80 bits per heavy atom. The third kappa shape index (κ3) is 12.2. The van der Waals surface area contributed by atoms with Crippen molar-refractivity contribution in [2.45, 2.75) is 109 Å². The highest BCUT2D eigenvalue weighted by Gasteiger charge is 2.17. The predicted octanol–water partition coefficient (Wildman–Crippen LogP) is 4.88. The molecule has 35 heavy (non-hydrogen) atoms. The number of unbranched alkanes of at least 4 members (excludes halogenated alkanes) is 6. The number of nitrogens with one attached hydrogen (secondary N) is 1. The highest BCUT2D eigenvalue weighted by molar-refractivity contribution is 5.97. The van der Waals surface area contributed by atoms with E-state index in [-0.39, 0.29) is 23.9 Å². The number of amides is 3. The van der Waals surface area contributed by atoms with Gasteiger partial charge in [0.25, 0.3) is 11.8 Å². The van der Waals surface area contributed by atoms with Crippen molar-refractivity contribution >= 4 is 17.7 Å². The van der Waals surface area contributed by atoms with Crippen molar-refractivity contribution in [1.82, 2.24) is 10.2 Å². The van der Waals surface area contributed by atoms with Crippen LogP contribution in [0.2, 0.25) is 0 Å². The summed E-state index contributed by atoms with van der Waals surface area (Å²) in [4.78, 5) is 38.2. The summed E-state index contributed by atoms with van der Waals surface area (Å²) in [5, 5.41) is 2.87. The quantitative estimate of drug-likeness (QED) is 0.272. The summed E-state index contributed by atoms with van der Waals surface area (Å²) in [6.45, 7) is 1.62. The molecular weight excluding hydrogens is 440 g/mol. The molecule has 7 heteroatoms. The SMILES string of the molecule is NC(=O)CCCCCCCCCC(N)NC(=O)c1ccc(C(=O)N2CCCCCCCCC2)cc1. The number of carbonyl (C=O) groups excluding carboxylic acids is 3. The van der Waals surface area contributed by atoms with Crippen molar-refractivity contribution in [3.05, 3.63) is 35.4 Å². The molecule has 1 aromatic rings. The molecule has 7 nitrogen and oxygen atoms in total. The molecule has 0 aromatic heterocycles. The smallest absolute Gasteiger partial charge is 0.253 e. The fourth-order valence-corrected chi connectivity index (χ4v) is 4.62. The molecule has 1 saturated heterocycles. The van der Waals surface area contributed by atoms with Crippen LogP contribution in [-0.4, -0.2) is 41.9 Å². The first kappa shape index (κ1) is 28.8. The Balaban J connectivity index is 1.67. The lowest BCUT2D eigenvalue weighted by Crippen LogP contribution is -2.41. The molecule has 5 N–H and O–H groups in total. The van der Waals surface area contributed by atoms with Crippen molar-refractivity contribution in [3.63, 3.8) is 0 Å². The van der Waals surface area contributed by atoms with Crippen molar-refractivity contribution in [2.75, 3.05) is 13.1 Å². The standard InChI is InChI=1S/C28H46N4O3/c29-25(15-11-7-3-1-4-8-12-16-26(30)33)31-27(34)23-17-19-24(20-18-23)28(35)32-21-13-9-5-2-6-10-14-22-32/h17-20,25H,1-16,21-22,29H2,(H2,30,33)(H,31,34). The Bertz CT molecular complexity index is 756. The Morgan fingerprint density at radius 2 is 1.23 bits per heavy atom. The molecule has 1 heterocycles. The highest BCUT2D eigenvalue weighted by atomic mass is 16.2. The van der Waals surface area contributed by atoms with E-state index in [1.54, 1.807) is 24.3 Å². The number of nitrogens with two attached hydrogens (primary N) is 2. The minimum atomic E-state index is -0.381. The molecule has 196 valence electrons. The van der Waals surface area contributed by atoms with Crippen LogP contribution in [0.3, 0.4) is 0 Å². The second-order valence-corrected chi connectivity index (χ2v) is 9.90. The maximum absolute atomic E-state index is 13.0. The van der Waals surface area contributed by atoms with Crippen LogP contribution in [-0.2, 0) is 4.79 Å². The fraction of sp³-hybridized carbons (Fsp3) is 0.679. The highest BCUT2D eigenvalue weighted by Crippen LogP contribution is 2.15. The Kier molecular flexibility index (Phi) is 14.1. The zero-order valence-corrected chi connectivity index (χ0v) is 21.4. The van der Waals surface area contributed by atoms with E-state index in [1.165, 1.54) is 32.1 Å². The first-order chi connectivity index (χ1) is 17.0. The number of nitrogens with zero attached hydrogens (tertiary/aromatic N) is 1. The van der Waals surface area contributed by atoms with Gasteiger partial charge in [-0.3, -0.25) is 14.4 Å². The second kappa shape index (κ2) is 17.1. The van der Waals surface area contributed by atoms with E-state index in [0.717, 1.165) is 77.3 Å². The molecule has 1 unspecified atom stereocenters. The molecule has 3 amide bonds. The van der Waals surface area contributed by atoms with Gasteiger partial charge in [0.05, 0.1) is 6.17 Å². The summed E-state index contributed by atoms with van der Waals surface area (Å²) in [6.07, 6.45) is 16.5. The molecule has 0 aliphatic carbocycles. The molecule has 0 saturated carbocycles. The zero-order chi connectivity index (χ0) is 25.3. The molecule has 0 spiro atoms. The molecule has 1 fully saturated rings. The van der Waals surface area contributed by atoms with Crippen molar-refractivity contribution < 1.29 is 14.4 Å². The van der Waals surface area contributed by atoms with E-state index in [4.69, 9.17) is 11.5 Å². The molecule has 1 aliphatic heterocycles. The lowest BCUT2D eigenvalue weighted by Gasteiger charge is -2.24. The van der Waals surface area contributed by atoms with E-state index >= 15 is 0 Å². The number of hydrogen-bond donors (Lipinski definition) is 3. The maximum Gasteiger partial charge on any atom is 0.253 e. The summed E-state index contributed by atoms with van der Waals surface area (Å²) in [6, 6.07) is 6.94. The largest absolute Gasteiger partial charge is 0.370 e. The lowest BCUT2D eigenvalue weighted by molar-refractivity contribution is -0.118. The van der Waals surface area contributed by atoms with E-state index in [1.807, 2.05) is 4.90 Å². The molecule has 1 atom stereocenters. The van der Waals surface area contributed by atoms with Crippen LogP contribution in [0.4, 0.5) is 0 Å². The Hall–Kier alpha value is -2.41. The average Bonchev–Trinajstić information content (AvgIpc) is 2.85. The average molecular weight is 487 g/mol. The molecule has 0 bridgehead atoms. The molecular formula is C28H46N4O3. The van der Waals surface area contributed by atoms with Gasteiger partial charge in [0.2, 0.25) is 5.91 Å². The van der Waals surface area contributed by atoms with Crippen LogP contribution in [0.5, 0.6) is 0 Å². The Morgan fingerprint density at radius 1 is 0.743 bits per heavy atom. The topological polar surface area (TPSA) is 119 Å². The van der Waals surface area contributed by atoms with Gasteiger partial charge in [-0.25, -0.2) is 0 Å². The van der Waals surface area contributed by atoms with Gasteiger partial charge >= 0.3 is 0 Å². The summed E-state index contributed by atoms with van der Waals surface area (Å²) in [5.74, 6) is -0.369. The van der Waals surface area contributed by atoms with Gasteiger partial charge < -0.3 is 21.7 Å². The van der Waals surface area contributed by atoms with Gasteiger partial charge in [-0.15, -0.1) is 0 Å². The third-order valence-electron chi connectivity index (χ3n) is 6.79. The van der Waals surface area contributed by atoms with Gasteiger partial charge in [0, 0.05) is 30.6 Å². The summed E-state index contributed by atoms with van der Waals surface area (Å²) < 4.78 is 0. The number of rotatable bonds is 13. The van der Waals surface area contributed by atoms with Crippen LogP contribution in [0, 0.1) is 0 Å². The van der Waals surface area contributed by atoms with Crippen LogP contribution in [0.15, 0.2) is 24.3 Å². The van der Waals surface area contributed by atoms with E-state index in [2.05, 4.69) is 5.32 Å². The second-order valence-electron chi connectivity index (χ2n) is 9.90. The minimum absolute atomic E-state index is 0.0575. The number of hydrogen-bond acceptors (Lipinski definition) is 4. The predicted molar refractivity (Wildman–Crippen MR) is 141 cm³/mol. The van der Waals surface area contributed by atoms with Gasteiger partial charge in [-0.2, -0.15) is 0 Å². The van der Waals surface area contributed by atoms with Gasteiger partial charge in [-0.1, -0.05) is 70.6 Å². The van der Waals surface area contributed by atoms with E-state index in [9.17, 15) is 14.4 Å². The minimum Gasteiger partial charge on any atom is -0.370 e. The molecule has 2 rings (SSSR count). The van der Waals surface area contributed by atoms with E-state index < -0.39 is 0 Å². The van der Waals surface area contributed by atoms with Gasteiger partial charge in [0.15, 0.2) is 0 Å². The fourth-order valence-electron chi connectivity index (χ4n) is 4.62. The summed E-state index contributed by atoms with van der Waals surface area (Å²) in [5.41, 5.74) is 12.4. The van der Waals surface area contributed by atoms with Crippen molar-refractivity contribution in [2.24, 2.45) is 11.5 Å². The first-order valence-corrected chi connectivity index (χ1v) is 13.7.